The van der Waals surface area contributed by atoms with Gasteiger partial charge in [-0.25, -0.2) is 0 Å². The normalized spacial score (nSPS) is 21.7. The Balaban J connectivity index is 2.14. The Bertz CT molecular complexity index is 204. The van der Waals surface area contributed by atoms with Crippen molar-refractivity contribution in [1.29, 1.82) is 0 Å². The molecule has 0 aromatic carbocycles. The zero-order valence-corrected chi connectivity index (χ0v) is 13.2. The van der Waals surface area contributed by atoms with Crippen LogP contribution in [0.1, 0.15) is 32.6 Å². The quantitative estimate of drug-likeness (QED) is 0.474. The van der Waals surface area contributed by atoms with Crippen LogP contribution in [0.5, 0.6) is 0 Å². The molecule has 0 N–H and O–H groups in total. The summed E-state index contributed by atoms with van der Waals surface area (Å²) in [4.78, 5) is 4.96. The number of nitrogens with zero attached hydrogens (tertiary/aromatic N) is 2. The maximum absolute atomic E-state index is 5.87. The molecule has 1 fully saturated rings. The number of morpholine rings is 1. The molecule has 0 aromatic rings. The minimum atomic E-state index is 0.449. The van der Waals surface area contributed by atoms with Crippen molar-refractivity contribution in [1.82, 2.24) is 9.80 Å². The van der Waals surface area contributed by atoms with E-state index in [1.54, 1.807) is 0 Å². The molecule has 1 heterocycles. The van der Waals surface area contributed by atoms with Crippen molar-refractivity contribution in [2.45, 2.75) is 38.7 Å². The highest BCUT2D eigenvalue weighted by molar-refractivity contribution is 7.98. The van der Waals surface area contributed by atoms with Crippen LogP contribution in [0.25, 0.3) is 0 Å². The van der Waals surface area contributed by atoms with E-state index in [2.05, 4.69) is 30.0 Å². The number of hydrogen-bond acceptors (Lipinski definition) is 4. The van der Waals surface area contributed by atoms with Gasteiger partial charge in [0.2, 0.25) is 0 Å². The van der Waals surface area contributed by atoms with Crippen molar-refractivity contribution >= 4 is 11.8 Å². The summed E-state index contributed by atoms with van der Waals surface area (Å²) in [6.45, 7) is 7.85. The molecule has 3 nitrogen and oxygen atoms in total. The minimum Gasteiger partial charge on any atom is -0.376 e. The molecule has 1 rings (SSSR count). The number of hydrogen-bond donors (Lipinski definition) is 0. The molecule has 1 aliphatic heterocycles. The Hall–Kier alpha value is 0.230. The van der Waals surface area contributed by atoms with E-state index in [1.165, 1.54) is 32.2 Å². The van der Waals surface area contributed by atoms with Crippen molar-refractivity contribution in [3.63, 3.8) is 0 Å². The largest absolute Gasteiger partial charge is 0.376 e. The number of unbranched alkanes of at least 4 members (excludes halogenated alkanes) is 2. The topological polar surface area (TPSA) is 15.7 Å². The molecule has 1 aliphatic rings. The zero-order valence-electron chi connectivity index (χ0n) is 12.4. The summed E-state index contributed by atoms with van der Waals surface area (Å²) in [6.07, 6.45) is 7.79. The molecule has 4 heteroatoms. The average Bonchev–Trinajstić information content (AvgIpc) is 2.38. The predicted molar refractivity (Wildman–Crippen MR) is 81.3 cm³/mol. The first kappa shape index (κ1) is 16.3. The summed E-state index contributed by atoms with van der Waals surface area (Å²) < 4.78 is 5.87. The molecule has 1 atom stereocenters. The fraction of sp³-hybridized carbons (Fsp3) is 1.00. The summed E-state index contributed by atoms with van der Waals surface area (Å²) in [6, 6.07) is 0. The van der Waals surface area contributed by atoms with Gasteiger partial charge in [-0.1, -0.05) is 19.8 Å². The highest BCUT2D eigenvalue weighted by Crippen LogP contribution is 2.11. The van der Waals surface area contributed by atoms with Crippen molar-refractivity contribution in [2.24, 2.45) is 0 Å². The highest BCUT2D eigenvalue weighted by Gasteiger charge is 2.19. The van der Waals surface area contributed by atoms with E-state index >= 15 is 0 Å². The van der Waals surface area contributed by atoms with E-state index in [4.69, 9.17) is 4.74 Å². The fourth-order valence-corrected chi connectivity index (χ4v) is 2.96. The molecule has 0 spiro atoms. The Morgan fingerprint density at radius 3 is 2.94 bits per heavy atom. The SMILES string of the molecule is CCCCCN1CCO[C@@H](CCN(C)CSC)C1. The van der Waals surface area contributed by atoms with Crippen molar-refractivity contribution in [3.8, 4) is 0 Å². The van der Waals surface area contributed by atoms with Gasteiger partial charge in [-0.15, -0.1) is 11.8 Å². The minimum absolute atomic E-state index is 0.449. The van der Waals surface area contributed by atoms with Crippen LogP contribution in [0.2, 0.25) is 0 Å². The summed E-state index contributed by atoms with van der Waals surface area (Å²) in [5.74, 6) is 1.12. The Labute approximate surface area is 117 Å². The third-order valence-electron chi connectivity index (χ3n) is 3.48. The van der Waals surface area contributed by atoms with Gasteiger partial charge in [-0.2, -0.15) is 0 Å². The van der Waals surface area contributed by atoms with Crippen LogP contribution in [0.15, 0.2) is 0 Å². The Morgan fingerprint density at radius 2 is 2.22 bits per heavy atom. The molecular weight excluding hydrogens is 244 g/mol. The van der Waals surface area contributed by atoms with E-state index < -0.39 is 0 Å². The number of rotatable bonds is 9. The zero-order chi connectivity index (χ0) is 13.2. The molecule has 18 heavy (non-hydrogen) atoms. The molecule has 0 bridgehead atoms. The second-order valence-electron chi connectivity index (χ2n) is 5.29. The monoisotopic (exact) mass is 274 g/mol. The Morgan fingerprint density at radius 1 is 1.39 bits per heavy atom. The number of ether oxygens (including phenoxy) is 1. The van der Waals surface area contributed by atoms with E-state index in [9.17, 15) is 0 Å². The molecule has 0 amide bonds. The van der Waals surface area contributed by atoms with Crippen LogP contribution in [-0.2, 0) is 4.74 Å². The average molecular weight is 274 g/mol. The first-order valence-electron chi connectivity index (χ1n) is 7.27. The molecule has 0 aromatic heterocycles. The summed E-state index contributed by atoms with van der Waals surface area (Å²) in [5.41, 5.74) is 0. The lowest BCUT2D eigenvalue weighted by Crippen LogP contribution is -2.43. The molecular formula is C14H30N2OS. The third kappa shape index (κ3) is 6.98. The van der Waals surface area contributed by atoms with Crippen LogP contribution in [0, 0.1) is 0 Å². The van der Waals surface area contributed by atoms with Gasteiger partial charge in [0.15, 0.2) is 0 Å². The lowest BCUT2D eigenvalue weighted by molar-refractivity contribution is -0.0347. The van der Waals surface area contributed by atoms with Gasteiger partial charge in [0.1, 0.15) is 0 Å². The lowest BCUT2D eigenvalue weighted by atomic mass is 10.2. The first-order valence-corrected chi connectivity index (χ1v) is 8.67. The van der Waals surface area contributed by atoms with Gasteiger partial charge >= 0.3 is 0 Å². The van der Waals surface area contributed by atoms with E-state index in [0.29, 0.717) is 6.10 Å². The Kier molecular flexibility index (Phi) is 9.11. The van der Waals surface area contributed by atoms with Gasteiger partial charge < -0.3 is 4.74 Å². The van der Waals surface area contributed by atoms with E-state index in [1.807, 2.05) is 11.8 Å². The van der Waals surface area contributed by atoms with Crippen molar-refractivity contribution in [2.75, 3.05) is 52.0 Å². The molecule has 108 valence electrons. The molecule has 0 radical (unpaired) electrons. The molecule has 0 aliphatic carbocycles. The second-order valence-corrected chi connectivity index (χ2v) is 6.12. The van der Waals surface area contributed by atoms with Crippen LogP contribution in [0.3, 0.4) is 0 Å². The number of thioether (sulfide) groups is 1. The van der Waals surface area contributed by atoms with E-state index in [0.717, 1.165) is 32.1 Å². The molecule has 1 saturated heterocycles. The highest BCUT2D eigenvalue weighted by atomic mass is 32.2. The van der Waals surface area contributed by atoms with Crippen LogP contribution < -0.4 is 0 Å². The fourth-order valence-electron chi connectivity index (χ4n) is 2.39. The van der Waals surface area contributed by atoms with Gasteiger partial charge in [0.05, 0.1) is 12.7 Å². The standard InChI is InChI=1S/C14H30N2OS/c1-4-5-6-8-16-10-11-17-14(12-16)7-9-15(2)13-18-3/h14H,4-13H2,1-3H3/t14-/m0/s1. The lowest BCUT2D eigenvalue weighted by Gasteiger charge is -2.33. The van der Waals surface area contributed by atoms with E-state index in [-0.39, 0.29) is 0 Å². The van der Waals surface area contributed by atoms with Crippen LogP contribution >= 0.6 is 11.8 Å². The third-order valence-corrected chi connectivity index (χ3v) is 4.18. The van der Waals surface area contributed by atoms with Gasteiger partial charge in [-0.3, -0.25) is 9.80 Å². The van der Waals surface area contributed by atoms with Crippen LogP contribution in [0.4, 0.5) is 0 Å². The molecule has 0 unspecified atom stereocenters. The molecule has 0 saturated carbocycles. The van der Waals surface area contributed by atoms with Gasteiger partial charge in [-0.05, 0) is 32.7 Å². The maximum atomic E-state index is 5.87. The summed E-state index contributed by atoms with van der Waals surface area (Å²) >= 11 is 1.89. The predicted octanol–water partition coefficient (Wildman–Crippen LogP) is 2.52. The second kappa shape index (κ2) is 10.1. The summed E-state index contributed by atoms with van der Waals surface area (Å²) in [5, 5.41) is 0. The van der Waals surface area contributed by atoms with Crippen LogP contribution in [-0.4, -0.2) is 67.9 Å². The van der Waals surface area contributed by atoms with Gasteiger partial charge in [0.25, 0.3) is 0 Å². The maximum Gasteiger partial charge on any atom is 0.0714 e. The van der Waals surface area contributed by atoms with Crippen molar-refractivity contribution < 1.29 is 4.74 Å². The van der Waals surface area contributed by atoms with Gasteiger partial charge in [0, 0.05) is 25.5 Å². The summed E-state index contributed by atoms with van der Waals surface area (Å²) in [7, 11) is 2.19. The van der Waals surface area contributed by atoms with Crippen molar-refractivity contribution in [3.05, 3.63) is 0 Å². The first-order chi connectivity index (χ1) is 8.76. The smallest absolute Gasteiger partial charge is 0.0714 e.